The first kappa shape index (κ1) is 21.3. The van der Waals surface area contributed by atoms with Crippen LogP contribution in [0.4, 0.5) is 0 Å². The summed E-state index contributed by atoms with van der Waals surface area (Å²) in [6.45, 7) is 4.05. The molecule has 2 aromatic heterocycles. The summed E-state index contributed by atoms with van der Waals surface area (Å²) >= 11 is 11.8. The van der Waals surface area contributed by atoms with Crippen molar-refractivity contribution in [3.8, 4) is 11.3 Å². The van der Waals surface area contributed by atoms with E-state index in [0.717, 1.165) is 16.8 Å². The topological polar surface area (TPSA) is 67.6 Å². The lowest BCUT2D eigenvalue weighted by molar-refractivity contribution is -0.143. The highest BCUT2D eigenvalue weighted by Crippen LogP contribution is 2.40. The number of nitrogens with zero attached hydrogens (tertiary/aromatic N) is 2. The molecule has 0 saturated carbocycles. The zero-order valence-corrected chi connectivity index (χ0v) is 18.7. The first-order valence-corrected chi connectivity index (χ1v) is 10.8. The normalized spacial score (nSPS) is 18.2. The Bertz CT molecular complexity index is 1100. The molecule has 1 N–H and O–H groups in total. The van der Waals surface area contributed by atoms with Crippen molar-refractivity contribution in [1.29, 1.82) is 0 Å². The molecular formula is C23H22ClN3O3S. The molecule has 1 aliphatic heterocycles. The standard InChI is InChI=1S/C23H22ClN3O3S/c1-3-29-20(28)13-27-22(21(26-23(27)31)17-6-4-5-11-25-17)19-10-9-18(30-19)15-8-7-14(2)16(24)12-15/h4-12,21-22H,3,13H2,1-2H3,(H,26,31)/t21-,22+/m1/s1. The maximum absolute atomic E-state index is 12.2. The average Bonchev–Trinajstić information content (AvgIpc) is 3.36. The summed E-state index contributed by atoms with van der Waals surface area (Å²) in [5.74, 6) is 1.000. The van der Waals surface area contributed by atoms with Crippen LogP contribution in [0.25, 0.3) is 11.3 Å². The summed E-state index contributed by atoms with van der Waals surface area (Å²) in [4.78, 5) is 18.5. The highest BCUT2D eigenvalue weighted by Gasteiger charge is 2.42. The maximum Gasteiger partial charge on any atom is 0.325 e. The number of furan rings is 1. The van der Waals surface area contributed by atoms with Gasteiger partial charge in [-0.3, -0.25) is 9.78 Å². The molecule has 6 nitrogen and oxygen atoms in total. The molecule has 1 fully saturated rings. The van der Waals surface area contributed by atoms with E-state index in [1.54, 1.807) is 18.0 Å². The molecule has 1 aromatic carbocycles. The molecule has 0 unspecified atom stereocenters. The van der Waals surface area contributed by atoms with E-state index in [2.05, 4.69) is 10.3 Å². The Labute approximate surface area is 191 Å². The Balaban J connectivity index is 1.71. The number of halogens is 1. The number of aryl methyl sites for hydroxylation is 1. The Morgan fingerprint density at radius 1 is 1.29 bits per heavy atom. The van der Waals surface area contributed by atoms with E-state index in [0.29, 0.717) is 28.3 Å². The lowest BCUT2D eigenvalue weighted by Gasteiger charge is -2.25. The van der Waals surface area contributed by atoms with Gasteiger partial charge in [-0.25, -0.2) is 0 Å². The summed E-state index contributed by atoms with van der Waals surface area (Å²) in [5.41, 5.74) is 2.68. The smallest absolute Gasteiger partial charge is 0.325 e. The molecule has 2 atom stereocenters. The third-order valence-electron chi connectivity index (χ3n) is 5.18. The first-order valence-electron chi connectivity index (χ1n) is 9.98. The molecule has 1 aliphatic rings. The van der Waals surface area contributed by atoms with E-state index in [-0.39, 0.29) is 24.6 Å². The van der Waals surface area contributed by atoms with Crippen LogP contribution in [0, 0.1) is 6.92 Å². The summed E-state index contributed by atoms with van der Waals surface area (Å²) in [6.07, 6.45) is 1.73. The van der Waals surface area contributed by atoms with Crippen LogP contribution < -0.4 is 5.32 Å². The number of hydrogen-bond acceptors (Lipinski definition) is 5. The molecule has 4 rings (SSSR count). The van der Waals surface area contributed by atoms with Crippen molar-refractivity contribution < 1.29 is 13.9 Å². The number of hydrogen-bond donors (Lipinski definition) is 1. The quantitative estimate of drug-likeness (QED) is 0.421. The van der Waals surface area contributed by atoms with E-state index < -0.39 is 0 Å². The molecule has 31 heavy (non-hydrogen) atoms. The van der Waals surface area contributed by atoms with Crippen LogP contribution in [0.15, 0.2) is 59.1 Å². The van der Waals surface area contributed by atoms with Crippen molar-refractivity contribution in [3.05, 3.63) is 76.8 Å². The number of thiocarbonyl (C=S) groups is 1. The average molecular weight is 456 g/mol. The fourth-order valence-corrected chi connectivity index (χ4v) is 4.13. The molecule has 0 amide bonds. The van der Waals surface area contributed by atoms with E-state index in [1.165, 1.54) is 0 Å². The Morgan fingerprint density at radius 2 is 2.13 bits per heavy atom. The predicted octanol–water partition coefficient (Wildman–Crippen LogP) is 4.84. The number of esters is 1. The van der Waals surface area contributed by atoms with E-state index in [1.807, 2.05) is 55.5 Å². The van der Waals surface area contributed by atoms with Gasteiger partial charge >= 0.3 is 5.97 Å². The molecule has 0 bridgehead atoms. The van der Waals surface area contributed by atoms with Crippen molar-refractivity contribution in [2.75, 3.05) is 13.2 Å². The number of carbonyl (C=O) groups excluding carboxylic acids is 1. The third-order valence-corrected chi connectivity index (χ3v) is 5.94. The number of carbonyl (C=O) groups is 1. The molecule has 3 heterocycles. The van der Waals surface area contributed by atoms with Gasteiger partial charge in [0.05, 0.1) is 18.3 Å². The summed E-state index contributed by atoms with van der Waals surface area (Å²) in [7, 11) is 0. The van der Waals surface area contributed by atoms with Crippen LogP contribution in [0.5, 0.6) is 0 Å². The lowest BCUT2D eigenvalue weighted by atomic mass is 10.0. The van der Waals surface area contributed by atoms with E-state index in [4.69, 9.17) is 33.0 Å². The van der Waals surface area contributed by atoms with Crippen molar-refractivity contribution in [3.63, 3.8) is 0 Å². The van der Waals surface area contributed by atoms with Crippen LogP contribution in [0.1, 0.15) is 36.0 Å². The second-order valence-corrected chi connectivity index (χ2v) is 8.02. The van der Waals surface area contributed by atoms with Gasteiger partial charge in [0, 0.05) is 16.8 Å². The molecule has 8 heteroatoms. The third kappa shape index (κ3) is 4.43. The SMILES string of the molecule is CCOC(=O)CN1C(=S)N[C@H](c2ccccn2)[C@@H]1c1ccc(-c2ccc(C)c(Cl)c2)o1. The Hall–Kier alpha value is -2.90. The first-order chi connectivity index (χ1) is 15.0. The molecule has 0 spiro atoms. The summed E-state index contributed by atoms with van der Waals surface area (Å²) in [6, 6.07) is 14.7. The maximum atomic E-state index is 12.2. The highest BCUT2D eigenvalue weighted by atomic mass is 35.5. The minimum Gasteiger partial charge on any atom is -0.465 e. The predicted molar refractivity (Wildman–Crippen MR) is 123 cm³/mol. The van der Waals surface area contributed by atoms with Gasteiger partial charge in [-0.15, -0.1) is 0 Å². The fourth-order valence-electron chi connectivity index (χ4n) is 3.64. The number of aromatic nitrogens is 1. The van der Waals surface area contributed by atoms with Crippen molar-refractivity contribution in [1.82, 2.24) is 15.2 Å². The Kier molecular flexibility index (Phi) is 6.25. The van der Waals surface area contributed by atoms with Gasteiger partial charge in [0.1, 0.15) is 24.1 Å². The number of rotatable bonds is 6. The van der Waals surface area contributed by atoms with Gasteiger partial charge in [-0.2, -0.15) is 0 Å². The van der Waals surface area contributed by atoms with E-state index >= 15 is 0 Å². The lowest BCUT2D eigenvalue weighted by Crippen LogP contribution is -2.35. The largest absolute Gasteiger partial charge is 0.465 e. The molecule has 1 saturated heterocycles. The second-order valence-electron chi connectivity index (χ2n) is 7.23. The second kappa shape index (κ2) is 9.08. The van der Waals surface area contributed by atoms with Crippen LogP contribution in [-0.2, 0) is 9.53 Å². The zero-order chi connectivity index (χ0) is 22.0. The number of pyridine rings is 1. The van der Waals surface area contributed by atoms with Gasteiger partial charge in [-0.05, 0) is 62.0 Å². The van der Waals surface area contributed by atoms with Gasteiger partial charge < -0.3 is 19.4 Å². The minimum absolute atomic E-state index is 0.0140. The van der Waals surface area contributed by atoms with E-state index in [9.17, 15) is 4.79 Å². The highest BCUT2D eigenvalue weighted by molar-refractivity contribution is 7.80. The molecule has 0 radical (unpaired) electrons. The van der Waals surface area contributed by atoms with Crippen LogP contribution in [0.2, 0.25) is 5.02 Å². The number of benzene rings is 1. The van der Waals surface area contributed by atoms with Crippen LogP contribution >= 0.6 is 23.8 Å². The fraction of sp³-hybridized carbons (Fsp3) is 0.261. The number of nitrogens with one attached hydrogen (secondary N) is 1. The van der Waals surface area contributed by atoms with Gasteiger partial charge in [0.25, 0.3) is 0 Å². The Morgan fingerprint density at radius 3 is 2.84 bits per heavy atom. The van der Waals surface area contributed by atoms with Crippen molar-refractivity contribution in [2.24, 2.45) is 0 Å². The van der Waals surface area contributed by atoms with Crippen LogP contribution in [0.3, 0.4) is 0 Å². The summed E-state index contributed by atoms with van der Waals surface area (Å²) in [5, 5.41) is 4.41. The monoisotopic (exact) mass is 455 g/mol. The van der Waals surface area contributed by atoms with Crippen molar-refractivity contribution >= 4 is 34.9 Å². The van der Waals surface area contributed by atoms with Crippen LogP contribution in [-0.4, -0.2) is 34.1 Å². The van der Waals surface area contributed by atoms with Crippen molar-refractivity contribution in [2.45, 2.75) is 25.9 Å². The molecular weight excluding hydrogens is 434 g/mol. The number of ether oxygens (including phenoxy) is 1. The zero-order valence-electron chi connectivity index (χ0n) is 17.2. The van der Waals surface area contributed by atoms with Gasteiger partial charge in [0.2, 0.25) is 0 Å². The minimum atomic E-state index is -0.360. The molecule has 160 valence electrons. The summed E-state index contributed by atoms with van der Waals surface area (Å²) < 4.78 is 11.4. The molecule has 0 aliphatic carbocycles. The molecule has 3 aromatic rings. The van der Waals surface area contributed by atoms with Gasteiger partial charge in [0.15, 0.2) is 5.11 Å². The van der Waals surface area contributed by atoms with Gasteiger partial charge in [-0.1, -0.05) is 29.8 Å².